The number of rotatable bonds is 7. The van der Waals surface area contributed by atoms with Gasteiger partial charge in [-0.05, 0) is 161 Å². The molecule has 0 saturated carbocycles. The standard InChI is InChI=1S/C76H66BN3S/c1-74(2,3)54-31-36-58(37-32-54)79-67-48-66(78(57-26-17-12-18-27-57)60-40-41-62-52(43-60)30-29-51-25-19-20-28-61(51)62)63(50-23-15-11-16-24-50)47-65(67)77-71-68(79)44-53(49-21-13-10-14-22-49)45-69(71)80(59-38-33-55(34-39-59)75(4,5)6)72-64-46-56(76(7,8)9)35-42-70(64)81-73(72)77/h10-48H,1-9H3. The molecule has 0 fully saturated rings. The second-order valence-corrected chi connectivity index (χ2v) is 26.5. The Hall–Kier alpha value is -8.64. The Morgan fingerprint density at radius 1 is 0.383 bits per heavy atom. The van der Waals surface area contributed by atoms with E-state index in [9.17, 15) is 0 Å². The molecule has 0 amide bonds. The molecule has 0 bridgehead atoms. The number of hydrogen-bond acceptors (Lipinski definition) is 4. The highest BCUT2D eigenvalue weighted by Crippen LogP contribution is 2.52. The van der Waals surface area contributed by atoms with Crippen LogP contribution in [0.15, 0.2) is 237 Å². The molecular formula is C76H66BN3S. The van der Waals surface area contributed by atoms with Crippen molar-refractivity contribution in [3.63, 3.8) is 0 Å². The minimum Gasteiger partial charge on any atom is -0.311 e. The summed E-state index contributed by atoms with van der Waals surface area (Å²) in [6, 6.07) is 89.7. The molecule has 0 spiro atoms. The lowest BCUT2D eigenvalue weighted by molar-refractivity contribution is 0.590. The second kappa shape index (κ2) is 19.0. The second-order valence-electron chi connectivity index (χ2n) is 25.4. The third-order valence-electron chi connectivity index (χ3n) is 17.1. The molecule has 0 N–H and O–H groups in total. The first kappa shape index (κ1) is 50.6. The molecule has 0 atom stereocenters. The SMILES string of the molecule is CC(C)(C)c1ccc(N2c3cc(N(c4ccccc4)c4ccc5c(ccc6ccccc65)c4)c(-c4ccccc4)cc3B3c4sc5ccc(C(C)(C)C)cc5c4N(c4ccc(C(C)(C)C)cc4)c4cc(-c5ccccc5)cc2c43)cc1. The van der Waals surface area contributed by atoms with Gasteiger partial charge in [-0.3, -0.25) is 0 Å². The lowest BCUT2D eigenvalue weighted by Crippen LogP contribution is -2.60. The molecule has 0 radical (unpaired) electrons. The molecule has 2 aliphatic rings. The molecule has 394 valence electrons. The van der Waals surface area contributed by atoms with E-state index in [1.54, 1.807) is 0 Å². The summed E-state index contributed by atoms with van der Waals surface area (Å²) < 4.78 is 2.65. The Labute approximate surface area is 482 Å². The zero-order chi connectivity index (χ0) is 55.5. The van der Waals surface area contributed by atoms with Crippen LogP contribution in [0.5, 0.6) is 0 Å². The first-order chi connectivity index (χ1) is 39.1. The third-order valence-corrected chi connectivity index (χ3v) is 18.3. The fourth-order valence-electron chi connectivity index (χ4n) is 12.7. The van der Waals surface area contributed by atoms with Gasteiger partial charge in [-0.25, -0.2) is 0 Å². The molecule has 3 nitrogen and oxygen atoms in total. The van der Waals surface area contributed by atoms with Crippen LogP contribution in [0.4, 0.5) is 51.2 Å². The van der Waals surface area contributed by atoms with Crippen molar-refractivity contribution in [1.29, 1.82) is 0 Å². The molecule has 5 heteroatoms. The molecule has 12 aromatic rings. The van der Waals surface area contributed by atoms with Crippen LogP contribution in [0.2, 0.25) is 0 Å². The summed E-state index contributed by atoms with van der Waals surface area (Å²) >= 11 is 1.97. The zero-order valence-electron chi connectivity index (χ0n) is 47.8. The molecule has 0 aliphatic carbocycles. The van der Waals surface area contributed by atoms with Crippen LogP contribution < -0.4 is 30.4 Å². The van der Waals surface area contributed by atoms with Gasteiger partial charge in [-0.2, -0.15) is 0 Å². The summed E-state index contributed by atoms with van der Waals surface area (Å²) in [7, 11) is 0. The van der Waals surface area contributed by atoms with E-state index in [2.05, 4.69) is 314 Å². The maximum Gasteiger partial charge on any atom is 0.264 e. The lowest BCUT2D eigenvalue weighted by Gasteiger charge is -2.44. The smallest absolute Gasteiger partial charge is 0.264 e. The van der Waals surface area contributed by atoms with Crippen molar-refractivity contribution in [2.24, 2.45) is 0 Å². The highest BCUT2D eigenvalue weighted by Gasteiger charge is 2.46. The predicted molar refractivity (Wildman–Crippen MR) is 353 cm³/mol. The van der Waals surface area contributed by atoms with Crippen molar-refractivity contribution in [2.45, 2.75) is 78.6 Å². The van der Waals surface area contributed by atoms with Crippen LogP contribution in [-0.4, -0.2) is 6.71 Å². The lowest BCUT2D eigenvalue weighted by atomic mass is 9.36. The number of benzene rings is 11. The van der Waals surface area contributed by atoms with Crippen LogP contribution in [0.1, 0.15) is 79.0 Å². The number of fused-ring (bicyclic) bond motifs is 9. The van der Waals surface area contributed by atoms with Crippen molar-refractivity contribution in [2.75, 3.05) is 14.7 Å². The Bertz CT molecular complexity index is 4390. The Morgan fingerprint density at radius 2 is 0.926 bits per heavy atom. The summed E-state index contributed by atoms with van der Waals surface area (Å²) in [5.74, 6) is 0. The highest BCUT2D eigenvalue weighted by atomic mass is 32.1. The van der Waals surface area contributed by atoms with Crippen molar-refractivity contribution >= 4 is 117 Å². The van der Waals surface area contributed by atoms with Gasteiger partial charge in [0.25, 0.3) is 6.71 Å². The molecule has 1 aromatic heterocycles. The summed E-state index contributed by atoms with van der Waals surface area (Å²) in [5, 5.41) is 6.24. The average molecular weight is 1060 g/mol. The number of hydrogen-bond donors (Lipinski definition) is 0. The van der Waals surface area contributed by atoms with Gasteiger partial charge < -0.3 is 14.7 Å². The Morgan fingerprint density at radius 3 is 1.57 bits per heavy atom. The van der Waals surface area contributed by atoms with Gasteiger partial charge >= 0.3 is 0 Å². The summed E-state index contributed by atoms with van der Waals surface area (Å²) in [4.78, 5) is 7.74. The maximum absolute atomic E-state index is 2.63. The van der Waals surface area contributed by atoms with Crippen molar-refractivity contribution in [3.8, 4) is 22.3 Å². The van der Waals surface area contributed by atoms with E-state index in [4.69, 9.17) is 0 Å². The van der Waals surface area contributed by atoms with E-state index in [1.165, 1.54) is 97.8 Å². The fraction of sp³-hybridized carbons (Fsp3) is 0.158. The van der Waals surface area contributed by atoms with Crippen molar-refractivity contribution in [1.82, 2.24) is 0 Å². The number of para-hydroxylation sites is 1. The van der Waals surface area contributed by atoms with E-state index in [-0.39, 0.29) is 23.0 Å². The molecule has 14 rings (SSSR count). The zero-order valence-corrected chi connectivity index (χ0v) is 48.7. The number of nitrogens with zero attached hydrogens (tertiary/aromatic N) is 3. The predicted octanol–water partition coefficient (Wildman–Crippen LogP) is 20.0. The molecule has 0 unspecified atom stereocenters. The van der Waals surface area contributed by atoms with Gasteiger partial charge in [-0.15, -0.1) is 11.3 Å². The quantitative estimate of drug-likeness (QED) is 0.116. The topological polar surface area (TPSA) is 9.72 Å². The van der Waals surface area contributed by atoms with E-state index in [0.717, 1.165) is 39.7 Å². The molecule has 0 saturated heterocycles. The fourth-order valence-corrected chi connectivity index (χ4v) is 14.0. The summed E-state index contributed by atoms with van der Waals surface area (Å²) in [6.45, 7) is 20.8. The molecule has 81 heavy (non-hydrogen) atoms. The first-order valence-electron chi connectivity index (χ1n) is 28.7. The Balaban J connectivity index is 1.12. The van der Waals surface area contributed by atoms with Gasteiger partial charge in [-0.1, -0.05) is 220 Å². The van der Waals surface area contributed by atoms with Crippen LogP contribution >= 0.6 is 11.3 Å². The average Bonchev–Trinajstić information content (AvgIpc) is 3.99. The highest BCUT2D eigenvalue weighted by molar-refractivity contribution is 7.33. The van der Waals surface area contributed by atoms with Gasteiger partial charge in [0.2, 0.25) is 0 Å². The Kier molecular flexibility index (Phi) is 11.9. The van der Waals surface area contributed by atoms with Crippen LogP contribution in [0.3, 0.4) is 0 Å². The molecule has 3 heterocycles. The van der Waals surface area contributed by atoms with Gasteiger partial charge in [0.15, 0.2) is 0 Å². The van der Waals surface area contributed by atoms with Crippen molar-refractivity contribution < 1.29 is 0 Å². The van der Waals surface area contributed by atoms with Crippen molar-refractivity contribution in [3.05, 3.63) is 253 Å². The van der Waals surface area contributed by atoms with E-state index in [1.807, 2.05) is 11.3 Å². The maximum atomic E-state index is 2.63. The summed E-state index contributed by atoms with van der Waals surface area (Å²) in [5.41, 5.74) is 21.5. The van der Waals surface area contributed by atoms with Crippen LogP contribution in [0.25, 0.3) is 53.9 Å². The van der Waals surface area contributed by atoms with Gasteiger partial charge in [0.05, 0.1) is 11.4 Å². The number of thiophene rings is 1. The molecule has 2 aliphatic heterocycles. The monoisotopic (exact) mass is 1060 g/mol. The third kappa shape index (κ3) is 8.64. The minimum atomic E-state index is -0.105. The van der Waals surface area contributed by atoms with Gasteiger partial charge in [0.1, 0.15) is 0 Å². The minimum absolute atomic E-state index is 0.00110. The number of anilines is 9. The first-order valence-corrected chi connectivity index (χ1v) is 29.5. The molecular weight excluding hydrogens is 998 g/mol. The molecule has 11 aromatic carbocycles. The normalized spacial score (nSPS) is 13.2. The van der Waals surface area contributed by atoms with Crippen LogP contribution in [-0.2, 0) is 16.2 Å². The van der Waals surface area contributed by atoms with Crippen LogP contribution in [0, 0.1) is 0 Å². The summed E-state index contributed by atoms with van der Waals surface area (Å²) in [6.07, 6.45) is 0. The van der Waals surface area contributed by atoms with E-state index >= 15 is 0 Å². The van der Waals surface area contributed by atoms with E-state index < -0.39 is 0 Å². The largest absolute Gasteiger partial charge is 0.311 e. The van der Waals surface area contributed by atoms with Gasteiger partial charge in [0, 0.05) is 60.2 Å². The van der Waals surface area contributed by atoms with E-state index in [0.29, 0.717) is 0 Å².